The fraction of sp³-hybridized carbons (Fsp3) is 0.615. The first-order valence-electron chi connectivity index (χ1n) is 6.58. The number of hydrogen-bond acceptors (Lipinski definition) is 2. The van der Waals surface area contributed by atoms with Crippen molar-refractivity contribution in [1.82, 2.24) is 15.2 Å². The Balaban J connectivity index is 1.83. The second kappa shape index (κ2) is 6.25. The summed E-state index contributed by atoms with van der Waals surface area (Å²) >= 11 is 5.92. The van der Waals surface area contributed by atoms with Crippen LogP contribution in [0.3, 0.4) is 0 Å². The second-order valence-corrected chi connectivity index (χ2v) is 5.10. The average molecular weight is 270 g/mol. The van der Waals surface area contributed by atoms with Crippen molar-refractivity contribution >= 4 is 17.5 Å². The van der Waals surface area contributed by atoms with E-state index in [1.54, 1.807) is 12.3 Å². The molecule has 100 valence electrons. The van der Waals surface area contributed by atoms with Crippen LogP contribution in [0.25, 0.3) is 0 Å². The lowest BCUT2D eigenvalue weighted by molar-refractivity contribution is 0.0943. The molecule has 2 N–H and O–H groups in total. The highest BCUT2D eigenvalue weighted by Gasteiger charge is 2.15. The molecule has 2 rings (SSSR count). The normalized spacial score (nSPS) is 19.1. The van der Waals surface area contributed by atoms with Crippen LogP contribution in [-0.4, -0.2) is 29.6 Å². The zero-order valence-electron chi connectivity index (χ0n) is 10.7. The van der Waals surface area contributed by atoms with Gasteiger partial charge in [-0.2, -0.15) is 0 Å². The van der Waals surface area contributed by atoms with Gasteiger partial charge < -0.3 is 15.2 Å². The maximum absolute atomic E-state index is 12.0. The molecule has 0 spiro atoms. The molecular formula is C13H20ClN3O. The van der Waals surface area contributed by atoms with Gasteiger partial charge in [0.15, 0.2) is 0 Å². The average Bonchev–Trinajstić information content (AvgIpc) is 2.98. The molecule has 1 atom stereocenters. The third-order valence-electron chi connectivity index (χ3n) is 3.38. The molecular weight excluding hydrogens is 250 g/mol. The van der Waals surface area contributed by atoms with Gasteiger partial charge in [0.25, 0.3) is 5.91 Å². The number of nitrogens with one attached hydrogen (secondary N) is 2. The number of halogens is 1. The fourth-order valence-electron chi connectivity index (χ4n) is 2.38. The SMILES string of the molecule is CCn1cc(Cl)cc1C(=O)NCC[C@@H]1CCCN1. The first-order valence-corrected chi connectivity index (χ1v) is 6.95. The van der Waals surface area contributed by atoms with E-state index in [4.69, 9.17) is 11.6 Å². The van der Waals surface area contributed by atoms with Gasteiger partial charge in [0.2, 0.25) is 0 Å². The summed E-state index contributed by atoms with van der Waals surface area (Å²) in [4.78, 5) is 12.0. The molecule has 0 radical (unpaired) electrons. The smallest absolute Gasteiger partial charge is 0.267 e. The number of aryl methyl sites for hydroxylation is 1. The van der Waals surface area contributed by atoms with Gasteiger partial charge in [-0.15, -0.1) is 0 Å². The Morgan fingerprint density at radius 3 is 3.17 bits per heavy atom. The molecule has 1 fully saturated rings. The van der Waals surface area contributed by atoms with Gasteiger partial charge in [-0.1, -0.05) is 11.6 Å². The molecule has 0 aliphatic carbocycles. The van der Waals surface area contributed by atoms with Crippen LogP contribution in [0, 0.1) is 0 Å². The minimum atomic E-state index is -0.0400. The maximum Gasteiger partial charge on any atom is 0.267 e. The molecule has 18 heavy (non-hydrogen) atoms. The van der Waals surface area contributed by atoms with Crippen LogP contribution in [0.5, 0.6) is 0 Å². The van der Waals surface area contributed by atoms with Crippen molar-refractivity contribution in [1.29, 1.82) is 0 Å². The molecule has 1 saturated heterocycles. The number of hydrogen-bond donors (Lipinski definition) is 2. The highest BCUT2D eigenvalue weighted by atomic mass is 35.5. The molecule has 1 aromatic rings. The molecule has 1 aromatic heterocycles. The van der Waals surface area contributed by atoms with Crippen molar-refractivity contribution in [2.24, 2.45) is 0 Å². The van der Waals surface area contributed by atoms with Crippen LogP contribution in [0.2, 0.25) is 5.02 Å². The van der Waals surface area contributed by atoms with Crippen LogP contribution >= 0.6 is 11.6 Å². The van der Waals surface area contributed by atoms with Gasteiger partial charge in [-0.25, -0.2) is 0 Å². The molecule has 0 aromatic carbocycles. The van der Waals surface area contributed by atoms with Crippen LogP contribution in [-0.2, 0) is 6.54 Å². The quantitative estimate of drug-likeness (QED) is 0.859. The Morgan fingerprint density at radius 1 is 1.67 bits per heavy atom. The Hall–Kier alpha value is -1.00. The molecule has 0 saturated carbocycles. The first-order chi connectivity index (χ1) is 8.70. The minimum absolute atomic E-state index is 0.0400. The predicted octanol–water partition coefficient (Wildman–Crippen LogP) is 2.03. The topological polar surface area (TPSA) is 46.1 Å². The highest BCUT2D eigenvalue weighted by Crippen LogP contribution is 2.14. The van der Waals surface area contributed by atoms with E-state index < -0.39 is 0 Å². The van der Waals surface area contributed by atoms with E-state index >= 15 is 0 Å². The summed E-state index contributed by atoms with van der Waals surface area (Å²) in [7, 11) is 0. The van der Waals surface area contributed by atoms with Gasteiger partial charge in [-0.3, -0.25) is 4.79 Å². The summed E-state index contributed by atoms with van der Waals surface area (Å²) in [5, 5.41) is 6.99. The van der Waals surface area contributed by atoms with Gasteiger partial charge in [0.1, 0.15) is 5.69 Å². The number of nitrogens with zero attached hydrogens (tertiary/aromatic N) is 1. The zero-order chi connectivity index (χ0) is 13.0. The largest absolute Gasteiger partial charge is 0.351 e. The van der Waals surface area contributed by atoms with E-state index in [9.17, 15) is 4.79 Å². The number of carbonyl (C=O) groups is 1. The van der Waals surface area contributed by atoms with E-state index in [0.29, 0.717) is 23.3 Å². The van der Waals surface area contributed by atoms with Crippen LogP contribution in [0.15, 0.2) is 12.3 Å². The lowest BCUT2D eigenvalue weighted by atomic mass is 10.1. The summed E-state index contributed by atoms with van der Waals surface area (Å²) in [6.07, 6.45) is 5.24. The summed E-state index contributed by atoms with van der Waals surface area (Å²) < 4.78 is 1.87. The Morgan fingerprint density at radius 2 is 2.50 bits per heavy atom. The lowest BCUT2D eigenvalue weighted by Gasteiger charge is -2.11. The summed E-state index contributed by atoms with van der Waals surface area (Å²) in [5.41, 5.74) is 0.641. The Labute approximate surface area is 113 Å². The van der Waals surface area contributed by atoms with Crippen LogP contribution in [0.4, 0.5) is 0 Å². The second-order valence-electron chi connectivity index (χ2n) is 4.67. The number of carbonyl (C=O) groups excluding carboxylic acids is 1. The van der Waals surface area contributed by atoms with E-state index in [1.807, 2.05) is 11.5 Å². The monoisotopic (exact) mass is 269 g/mol. The molecule has 1 aliphatic heterocycles. The van der Waals surface area contributed by atoms with Gasteiger partial charge in [-0.05, 0) is 38.8 Å². The highest BCUT2D eigenvalue weighted by molar-refractivity contribution is 6.31. The lowest BCUT2D eigenvalue weighted by Crippen LogP contribution is -2.31. The van der Waals surface area contributed by atoms with E-state index in [0.717, 1.165) is 19.5 Å². The van der Waals surface area contributed by atoms with E-state index in [2.05, 4.69) is 10.6 Å². The molecule has 4 nitrogen and oxygen atoms in total. The molecule has 5 heteroatoms. The van der Waals surface area contributed by atoms with Gasteiger partial charge >= 0.3 is 0 Å². The maximum atomic E-state index is 12.0. The summed E-state index contributed by atoms with van der Waals surface area (Å²) in [6.45, 7) is 4.56. The molecule has 0 bridgehead atoms. The fourth-order valence-corrected chi connectivity index (χ4v) is 2.60. The minimum Gasteiger partial charge on any atom is -0.351 e. The van der Waals surface area contributed by atoms with Crippen molar-refractivity contribution in [3.63, 3.8) is 0 Å². The van der Waals surface area contributed by atoms with Crippen molar-refractivity contribution in [2.75, 3.05) is 13.1 Å². The van der Waals surface area contributed by atoms with E-state index in [1.165, 1.54) is 12.8 Å². The molecule has 2 heterocycles. The van der Waals surface area contributed by atoms with Crippen LogP contribution in [0.1, 0.15) is 36.7 Å². The third-order valence-corrected chi connectivity index (χ3v) is 3.58. The molecule has 1 amide bonds. The molecule has 0 unspecified atom stereocenters. The zero-order valence-corrected chi connectivity index (χ0v) is 11.5. The van der Waals surface area contributed by atoms with E-state index in [-0.39, 0.29) is 5.91 Å². The number of aromatic nitrogens is 1. The third kappa shape index (κ3) is 3.27. The van der Waals surface area contributed by atoms with Crippen molar-refractivity contribution in [3.05, 3.63) is 23.0 Å². The summed E-state index contributed by atoms with van der Waals surface area (Å²) in [5.74, 6) is -0.0400. The Bertz CT molecular complexity index is 410. The first kappa shape index (κ1) is 13.4. The van der Waals surface area contributed by atoms with Crippen LogP contribution < -0.4 is 10.6 Å². The number of rotatable bonds is 5. The standard InChI is InChI=1S/C13H20ClN3O/c1-2-17-9-10(14)8-12(17)13(18)16-7-5-11-4-3-6-15-11/h8-9,11,15H,2-7H2,1H3,(H,16,18)/t11-/m0/s1. The predicted molar refractivity (Wildman–Crippen MR) is 73.1 cm³/mol. The summed E-state index contributed by atoms with van der Waals surface area (Å²) in [6, 6.07) is 2.28. The van der Waals surface area contributed by atoms with Gasteiger partial charge in [0, 0.05) is 25.3 Å². The van der Waals surface area contributed by atoms with Crippen molar-refractivity contribution in [2.45, 2.75) is 38.8 Å². The van der Waals surface area contributed by atoms with Gasteiger partial charge in [0.05, 0.1) is 5.02 Å². The Kier molecular flexibility index (Phi) is 4.66. The number of amides is 1. The van der Waals surface area contributed by atoms with Crippen molar-refractivity contribution in [3.8, 4) is 0 Å². The molecule has 1 aliphatic rings. The van der Waals surface area contributed by atoms with Crippen molar-refractivity contribution < 1.29 is 4.79 Å².